The van der Waals surface area contributed by atoms with Gasteiger partial charge < -0.3 is 9.32 Å². The van der Waals surface area contributed by atoms with Gasteiger partial charge in [-0.25, -0.2) is 4.90 Å². The third-order valence-corrected chi connectivity index (χ3v) is 4.10. The molecule has 1 aromatic carbocycles. The maximum atomic E-state index is 12.8. The number of rotatable bonds is 4. The maximum Gasteiger partial charge on any atom is 0.257 e. The van der Waals surface area contributed by atoms with Crippen molar-refractivity contribution in [2.45, 2.75) is 32.9 Å². The van der Waals surface area contributed by atoms with Crippen LogP contribution in [0.4, 0.5) is 5.69 Å². The van der Waals surface area contributed by atoms with Crippen LogP contribution in [0.15, 0.2) is 47.1 Å². The molecule has 0 N–H and O–H groups in total. The summed E-state index contributed by atoms with van der Waals surface area (Å²) in [6, 6.07) is 9.80. The Morgan fingerprint density at radius 2 is 1.96 bits per heavy atom. The first-order chi connectivity index (χ1) is 11.5. The molecule has 0 spiro atoms. The number of aryl methyl sites for hydroxylation is 1. The van der Waals surface area contributed by atoms with Gasteiger partial charge in [0.25, 0.3) is 5.91 Å². The maximum absolute atomic E-state index is 12.8. The molecule has 1 saturated heterocycles. The molecule has 6 heteroatoms. The Morgan fingerprint density at radius 1 is 1.25 bits per heavy atom. The van der Waals surface area contributed by atoms with Crippen molar-refractivity contribution >= 4 is 23.4 Å². The van der Waals surface area contributed by atoms with Crippen LogP contribution >= 0.6 is 0 Å². The van der Waals surface area contributed by atoms with Gasteiger partial charge in [0, 0.05) is 6.92 Å². The van der Waals surface area contributed by atoms with Crippen molar-refractivity contribution in [2.24, 2.45) is 0 Å². The Balaban J connectivity index is 1.86. The number of hydrogen-bond donors (Lipinski definition) is 0. The van der Waals surface area contributed by atoms with Gasteiger partial charge >= 0.3 is 0 Å². The zero-order chi connectivity index (χ0) is 17.3. The molecule has 0 aliphatic carbocycles. The molecule has 2 heterocycles. The molecular weight excluding hydrogens is 308 g/mol. The van der Waals surface area contributed by atoms with E-state index in [9.17, 15) is 14.4 Å². The zero-order valence-electron chi connectivity index (χ0n) is 13.6. The molecule has 6 nitrogen and oxygen atoms in total. The van der Waals surface area contributed by atoms with Crippen molar-refractivity contribution in [3.05, 3.63) is 54.0 Å². The number of nitrogens with zero attached hydrogens (tertiary/aromatic N) is 2. The predicted molar refractivity (Wildman–Crippen MR) is 87.0 cm³/mol. The average molecular weight is 326 g/mol. The van der Waals surface area contributed by atoms with E-state index < -0.39 is 6.04 Å². The monoisotopic (exact) mass is 326 g/mol. The smallest absolute Gasteiger partial charge is 0.257 e. The minimum absolute atomic E-state index is 0.0208. The van der Waals surface area contributed by atoms with Gasteiger partial charge in [0.1, 0.15) is 11.8 Å². The van der Waals surface area contributed by atoms with Gasteiger partial charge in [0.2, 0.25) is 11.8 Å². The first-order valence-corrected chi connectivity index (χ1v) is 7.70. The van der Waals surface area contributed by atoms with E-state index in [1.807, 2.05) is 19.1 Å². The summed E-state index contributed by atoms with van der Waals surface area (Å²) in [6.07, 6.45) is 1.49. The fourth-order valence-electron chi connectivity index (χ4n) is 2.84. The highest BCUT2D eigenvalue weighted by Gasteiger charge is 2.43. The van der Waals surface area contributed by atoms with Crippen LogP contribution in [-0.4, -0.2) is 28.7 Å². The SMILES string of the molecule is CC(=O)N(Cc1ccco1)C1CC(=O)N(c2ccc(C)cc2)C1=O. The van der Waals surface area contributed by atoms with Crippen LogP contribution in [0.25, 0.3) is 0 Å². The average Bonchev–Trinajstić information content (AvgIpc) is 3.14. The molecule has 124 valence electrons. The third-order valence-electron chi connectivity index (χ3n) is 4.10. The van der Waals surface area contributed by atoms with Gasteiger partial charge in [-0.05, 0) is 31.2 Å². The normalized spacial score (nSPS) is 17.4. The number of imide groups is 1. The molecule has 1 aliphatic rings. The second-order valence-electron chi connectivity index (χ2n) is 5.85. The summed E-state index contributed by atoms with van der Waals surface area (Å²) < 4.78 is 5.26. The predicted octanol–water partition coefficient (Wildman–Crippen LogP) is 2.27. The summed E-state index contributed by atoms with van der Waals surface area (Å²) >= 11 is 0. The molecule has 0 bridgehead atoms. The summed E-state index contributed by atoms with van der Waals surface area (Å²) in [5.41, 5.74) is 1.57. The molecule has 3 amide bonds. The van der Waals surface area contributed by atoms with E-state index in [1.165, 1.54) is 18.1 Å². The summed E-state index contributed by atoms with van der Waals surface area (Å²) in [5.74, 6) is -0.396. The lowest BCUT2D eigenvalue weighted by molar-refractivity contribution is -0.137. The van der Waals surface area contributed by atoms with Crippen LogP contribution in [0.3, 0.4) is 0 Å². The minimum Gasteiger partial charge on any atom is -0.467 e. The van der Waals surface area contributed by atoms with Crippen molar-refractivity contribution in [3.63, 3.8) is 0 Å². The molecule has 1 atom stereocenters. The number of carbonyl (C=O) groups is 3. The molecule has 1 aliphatic heterocycles. The van der Waals surface area contributed by atoms with Gasteiger partial charge in [-0.3, -0.25) is 14.4 Å². The molecule has 3 rings (SSSR count). The molecule has 0 saturated carbocycles. The number of carbonyl (C=O) groups excluding carboxylic acids is 3. The standard InChI is InChI=1S/C18H18N2O4/c1-12-5-7-14(8-6-12)20-17(22)10-16(18(20)23)19(13(2)21)11-15-4-3-9-24-15/h3-9,16H,10-11H2,1-2H3. The van der Waals surface area contributed by atoms with E-state index in [-0.39, 0.29) is 30.7 Å². The molecule has 0 radical (unpaired) electrons. The lowest BCUT2D eigenvalue weighted by atomic mass is 10.2. The van der Waals surface area contributed by atoms with Crippen molar-refractivity contribution < 1.29 is 18.8 Å². The van der Waals surface area contributed by atoms with Gasteiger partial charge in [-0.2, -0.15) is 0 Å². The Labute approximate surface area is 139 Å². The van der Waals surface area contributed by atoms with Crippen molar-refractivity contribution in [3.8, 4) is 0 Å². The highest BCUT2D eigenvalue weighted by atomic mass is 16.3. The topological polar surface area (TPSA) is 70.8 Å². The summed E-state index contributed by atoms with van der Waals surface area (Å²) in [4.78, 5) is 39.6. The van der Waals surface area contributed by atoms with E-state index in [4.69, 9.17) is 4.42 Å². The van der Waals surface area contributed by atoms with E-state index in [0.717, 1.165) is 10.5 Å². The Bertz CT molecular complexity index is 765. The number of amides is 3. The van der Waals surface area contributed by atoms with Crippen LogP contribution in [0, 0.1) is 6.92 Å². The first-order valence-electron chi connectivity index (χ1n) is 7.70. The second kappa shape index (κ2) is 6.31. The summed E-state index contributed by atoms with van der Waals surface area (Å²) in [7, 11) is 0. The lowest BCUT2D eigenvalue weighted by Gasteiger charge is -2.25. The van der Waals surface area contributed by atoms with E-state index in [0.29, 0.717) is 11.4 Å². The van der Waals surface area contributed by atoms with E-state index in [2.05, 4.69) is 0 Å². The van der Waals surface area contributed by atoms with Crippen LogP contribution in [0.5, 0.6) is 0 Å². The summed E-state index contributed by atoms with van der Waals surface area (Å²) in [6.45, 7) is 3.48. The third kappa shape index (κ3) is 2.95. The van der Waals surface area contributed by atoms with Crippen LogP contribution in [0.2, 0.25) is 0 Å². The molecule has 2 aromatic rings. The Kier molecular flexibility index (Phi) is 4.20. The van der Waals surface area contributed by atoms with Crippen LogP contribution < -0.4 is 4.90 Å². The van der Waals surface area contributed by atoms with Gasteiger partial charge in [-0.1, -0.05) is 17.7 Å². The number of benzene rings is 1. The highest BCUT2D eigenvalue weighted by Crippen LogP contribution is 2.27. The van der Waals surface area contributed by atoms with Gasteiger partial charge in [0.05, 0.1) is 24.9 Å². The van der Waals surface area contributed by atoms with Crippen LogP contribution in [-0.2, 0) is 20.9 Å². The van der Waals surface area contributed by atoms with Crippen molar-refractivity contribution in [2.75, 3.05) is 4.90 Å². The quantitative estimate of drug-likeness (QED) is 0.808. The molecular formula is C18H18N2O4. The van der Waals surface area contributed by atoms with Crippen molar-refractivity contribution in [1.29, 1.82) is 0 Å². The largest absolute Gasteiger partial charge is 0.467 e. The van der Waals surface area contributed by atoms with Gasteiger partial charge in [-0.15, -0.1) is 0 Å². The second-order valence-corrected chi connectivity index (χ2v) is 5.85. The first kappa shape index (κ1) is 16.0. The fraction of sp³-hybridized carbons (Fsp3) is 0.278. The highest BCUT2D eigenvalue weighted by molar-refractivity contribution is 6.22. The lowest BCUT2D eigenvalue weighted by Crippen LogP contribution is -2.44. The van der Waals surface area contributed by atoms with E-state index in [1.54, 1.807) is 24.3 Å². The zero-order valence-corrected chi connectivity index (χ0v) is 13.6. The molecule has 1 unspecified atom stereocenters. The summed E-state index contributed by atoms with van der Waals surface area (Å²) in [5, 5.41) is 0. The molecule has 24 heavy (non-hydrogen) atoms. The van der Waals surface area contributed by atoms with Crippen molar-refractivity contribution in [1.82, 2.24) is 4.90 Å². The van der Waals surface area contributed by atoms with E-state index >= 15 is 0 Å². The number of hydrogen-bond acceptors (Lipinski definition) is 4. The Hall–Kier alpha value is -2.89. The van der Waals surface area contributed by atoms with Gasteiger partial charge in [0.15, 0.2) is 0 Å². The number of anilines is 1. The van der Waals surface area contributed by atoms with Crippen LogP contribution in [0.1, 0.15) is 24.7 Å². The molecule has 1 fully saturated rings. The minimum atomic E-state index is -0.804. The molecule has 1 aromatic heterocycles. The fourth-order valence-corrected chi connectivity index (χ4v) is 2.84. The Morgan fingerprint density at radius 3 is 2.54 bits per heavy atom. The number of furan rings is 1.